The molecule has 14 heteroatoms. The molecule has 4 N–H and O–H groups in total. The van der Waals surface area contributed by atoms with Crippen LogP contribution in [0.1, 0.15) is 91.9 Å². The van der Waals surface area contributed by atoms with E-state index < -0.39 is 48.0 Å². The van der Waals surface area contributed by atoms with Crippen LogP contribution < -0.4 is 26.0 Å². The number of ether oxygens (including phenoxy) is 2. The van der Waals surface area contributed by atoms with Gasteiger partial charge in [0.2, 0.25) is 23.7 Å². The molecule has 0 bridgehead atoms. The van der Waals surface area contributed by atoms with Crippen LogP contribution in [0.2, 0.25) is 0 Å². The number of benzene rings is 4. The van der Waals surface area contributed by atoms with E-state index in [-0.39, 0.29) is 22.9 Å². The fourth-order valence-corrected chi connectivity index (χ4v) is 12.0. The number of amides is 4. The van der Waals surface area contributed by atoms with Crippen LogP contribution in [0.4, 0.5) is 10.7 Å². The number of hydrogen-bond acceptors (Lipinski definition) is 10. The number of hydrogen-bond donors (Lipinski definition) is 4. The Morgan fingerprint density at radius 2 is 1.41 bits per heavy atom. The maximum absolute atomic E-state index is 14.1. The van der Waals surface area contributed by atoms with Gasteiger partial charge in [0, 0.05) is 34.6 Å². The number of carbonyl (C=O) groups excluding carboxylic acids is 4. The van der Waals surface area contributed by atoms with Gasteiger partial charge >= 0.3 is 6.09 Å². The van der Waals surface area contributed by atoms with Crippen LogP contribution in [-0.2, 0) is 55.5 Å². The average Bonchev–Trinajstić information content (AvgIpc) is 3.63. The predicted octanol–water partition coefficient (Wildman–Crippen LogP) is 8.93. The molecule has 356 valence electrons. The van der Waals surface area contributed by atoms with Crippen molar-refractivity contribution in [1.82, 2.24) is 25.9 Å². The molecule has 1 heterocycles. The van der Waals surface area contributed by atoms with Gasteiger partial charge in [0.25, 0.3) is 0 Å². The van der Waals surface area contributed by atoms with Gasteiger partial charge in [-0.2, -0.15) is 23.5 Å². The zero-order valence-electron chi connectivity index (χ0n) is 39.3. The van der Waals surface area contributed by atoms with E-state index in [1.54, 1.807) is 20.8 Å². The Bertz CT molecular complexity index is 2540. The van der Waals surface area contributed by atoms with Crippen molar-refractivity contribution in [3.05, 3.63) is 154 Å². The molecule has 0 saturated heterocycles. The Morgan fingerprint density at radius 3 is 2.06 bits per heavy atom. The molecule has 0 aliphatic heterocycles. The summed E-state index contributed by atoms with van der Waals surface area (Å²) >= 11 is 2.98. The minimum absolute atomic E-state index is 0.164. The van der Waals surface area contributed by atoms with Gasteiger partial charge in [0.05, 0.1) is 12.2 Å². The highest BCUT2D eigenvalue weighted by Gasteiger charge is 2.54. The van der Waals surface area contributed by atoms with Crippen LogP contribution in [0.25, 0.3) is 0 Å². The summed E-state index contributed by atoms with van der Waals surface area (Å²) in [6, 6.07) is 34.7. The van der Waals surface area contributed by atoms with Crippen LogP contribution in [0.3, 0.4) is 0 Å². The van der Waals surface area contributed by atoms with E-state index in [1.165, 1.54) is 34.7 Å². The average molecular weight is 955 g/mol. The third-order valence-corrected chi connectivity index (χ3v) is 15.5. The predicted molar refractivity (Wildman–Crippen MR) is 270 cm³/mol. The molecule has 3 aliphatic rings. The molecule has 1 aromatic heterocycles. The van der Waals surface area contributed by atoms with Gasteiger partial charge in [-0.1, -0.05) is 104 Å². The first-order valence-electron chi connectivity index (χ1n) is 23.6. The molecule has 8 rings (SSSR count). The lowest BCUT2D eigenvalue weighted by atomic mass is 9.55. The molecular formula is C54H62N6O6S2. The quantitative estimate of drug-likeness (QED) is 0.0668. The SMILES string of the molecule is CC(C)(C)OC(=O)N[C@@H](CSCc1ccccc1)C(=O)NCC(=O)N[C@@H](CSCc1ccccc1)C(=O)Nc1ncc2c(n1)[C@@]1(C)CC[C@@H]3c4ccc(OCc5ccccc5)cc4CC[C@H]3[C@@H]1C2. The second-order valence-electron chi connectivity index (χ2n) is 19.3. The summed E-state index contributed by atoms with van der Waals surface area (Å²) in [5.74, 6) is 2.68. The van der Waals surface area contributed by atoms with Gasteiger partial charge in [0.15, 0.2) is 0 Å². The number of nitrogens with one attached hydrogen (secondary N) is 4. The van der Waals surface area contributed by atoms with E-state index in [9.17, 15) is 19.2 Å². The lowest BCUT2D eigenvalue weighted by molar-refractivity contribution is -0.128. The molecule has 4 aromatic carbocycles. The van der Waals surface area contributed by atoms with Gasteiger partial charge in [0.1, 0.15) is 30.0 Å². The fourth-order valence-electron chi connectivity index (χ4n) is 10.0. The van der Waals surface area contributed by atoms with Gasteiger partial charge in [-0.15, -0.1) is 0 Å². The van der Waals surface area contributed by atoms with Crippen LogP contribution in [-0.4, -0.2) is 69.5 Å². The van der Waals surface area contributed by atoms with Crippen molar-refractivity contribution in [2.45, 2.75) is 107 Å². The van der Waals surface area contributed by atoms with Gasteiger partial charge in [-0.25, -0.2) is 14.8 Å². The van der Waals surface area contributed by atoms with Crippen molar-refractivity contribution >= 4 is 53.3 Å². The van der Waals surface area contributed by atoms with E-state index in [0.29, 0.717) is 35.9 Å². The molecule has 0 radical (unpaired) electrons. The number of thioether (sulfide) groups is 2. The van der Waals surface area contributed by atoms with E-state index in [0.717, 1.165) is 65.8 Å². The summed E-state index contributed by atoms with van der Waals surface area (Å²) < 4.78 is 11.6. The number of nitrogens with zero attached hydrogens (tertiary/aromatic N) is 2. The normalized spacial score (nSPS) is 20.0. The van der Waals surface area contributed by atoms with Gasteiger partial charge in [-0.05, 0) is 116 Å². The Balaban J connectivity index is 0.904. The smallest absolute Gasteiger partial charge is 0.408 e. The second-order valence-corrected chi connectivity index (χ2v) is 21.4. The van der Waals surface area contributed by atoms with Crippen molar-refractivity contribution in [3.63, 3.8) is 0 Å². The summed E-state index contributed by atoms with van der Waals surface area (Å²) in [5, 5.41) is 11.1. The van der Waals surface area contributed by atoms with Crippen LogP contribution >= 0.6 is 23.5 Å². The molecule has 68 heavy (non-hydrogen) atoms. The summed E-state index contributed by atoms with van der Waals surface area (Å²) in [4.78, 5) is 63.7. The largest absolute Gasteiger partial charge is 0.489 e. The molecular weight excluding hydrogens is 893 g/mol. The van der Waals surface area contributed by atoms with E-state index in [4.69, 9.17) is 14.5 Å². The van der Waals surface area contributed by atoms with Crippen molar-refractivity contribution in [2.75, 3.05) is 23.4 Å². The molecule has 1 saturated carbocycles. The topological polar surface area (TPSA) is 161 Å². The number of carbonyl (C=O) groups is 4. The van der Waals surface area contributed by atoms with E-state index in [1.807, 2.05) is 85.1 Å². The Morgan fingerprint density at radius 1 is 0.779 bits per heavy atom. The molecule has 0 unspecified atom stereocenters. The first-order chi connectivity index (χ1) is 32.8. The van der Waals surface area contributed by atoms with Crippen molar-refractivity contribution in [1.29, 1.82) is 0 Å². The number of aromatic nitrogens is 2. The molecule has 0 spiro atoms. The zero-order chi connectivity index (χ0) is 47.7. The highest BCUT2D eigenvalue weighted by atomic mass is 32.2. The van der Waals surface area contributed by atoms with Gasteiger partial charge < -0.3 is 25.4 Å². The lowest BCUT2D eigenvalue weighted by Crippen LogP contribution is -2.53. The van der Waals surface area contributed by atoms with E-state index >= 15 is 0 Å². The third-order valence-electron chi connectivity index (χ3n) is 13.3. The summed E-state index contributed by atoms with van der Waals surface area (Å²) in [6.45, 7) is 7.70. The highest BCUT2D eigenvalue weighted by molar-refractivity contribution is 7.98. The maximum atomic E-state index is 14.1. The van der Waals surface area contributed by atoms with Crippen molar-refractivity contribution < 1.29 is 28.7 Å². The van der Waals surface area contributed by atoms with Crippen molar-refractivity contribution in [3.8, 4) is 5.75 Å². The minimum atomic E-state index is -0.979. The van der Waals surface area contributed by atoms with Crippen LogP contribution in [0.15, 0.2) is 115 Å². The molecule has 4 amide bonds. The Labute approximate surface area is 408 Å². The molecule has 12 nitrogen and oxygen atoms in total. The zero-order valence-corrected chi connectivity index (χ0v) is 40.9. The summed E-state index contributed by atoms with van der Waals surface area (Å²) in [6.07, 6.45) is 6.16. The number of fused-ring (bicyclic) bond motifs is 7. The first kappa shape index (κ1) is 48.6. The first-order valence-corrected chi connectivity index (χ1v) is 25.9. The van der Waals surface area contributed by atoms with Crippen LogP contribution in [0.5, 0.6) is 5.75 Å². The summed E-state index contributed by atoms with van der Waals surface area (Å²) in [7, 11) is 0. The number of aryl methyl sites for hydroxylation is 1. The number of alkyl carbamates (subject to hydrolysis) is 1. The Hall–Kier alpha value is -5.86. The Kier molecular flexibility index (Phi) is 15.8. The molecule has 1 fully saturated rings. The minimum Gasteiger partial charge on any atom is -0.489 e. The lowest BCUT2D eigenvalue weighted by Gasteiger charge is -2.49. The number of rotatable bonds is 18. The van der Waals surface area contributed by atoms with Gasteiger partial charge in [-0.3, -0.25) is 19.7 Å². The number of anilines is 1. The fraction of sp³-hybridized carbons (Fsp3) is 0.407. The molecule has 5 aromatic rings. The monoisotopic (exact) mass is 954 g/mol. The van der Waals surface area contributed by atoms with E-state index in [2.05, 4.69) is 63.5 Å². The molecule has 3 aliphatic carbocycles. The van der Waals surface area contributed by atoms with Crippen molar-refractivity contribution in [2.24, 2.45) is 11.8 Å². The maximum Gasteiger partial charge on any atom is 0.408 e. The third kappa shape index (κ3) is 12.4. The molecule has 6 atom stereocenters. The highest BCUT2D eigenvalue weighted by Crippen LogP contribution is 2.59. The second kappa shape index (κ2) is 22.1. The standard InChI is InChI=1S/C54H62N6O6S2/c1-53(2,3)66-52(64)58-45(33-67-31-36-16-10-6-11-17-36)49(62)55-29-47(61)57-46(34-68-32-37-18-12-7-13-19-37)50(63)60-51-56-28-39-27-44-43-22-20-38-26-40(65-30-35-14-8-5-9-15-35)21-23-41(38)42(43)24-25-54(44,4)48(39)59-51/h5-19,21,23,26,28,42-46H,20,22,24-25,27,29-34H2,1-4H3,(H,55,62)(H,57,61)(H,58,64)(H,56,59,60,63)/t42-,43-,44+,45+,46+,54+/m1/s1. The summed E-state index contributed by atoms with van der Waals surface area (Å²) in [5.41, 5.74) is 7.34. The van der Waals surface area contributed by atoms with Crippen LogP contribution in [0, 0.1) is 11.8 Å².